The van der Waals surface area contributed by atoms with E-state index in [1.54, 1.807) is 6.07 Å². The topological polar surface area (TPSA) is 130 Å². The van der Waals surface area contributed by atoms with Crippen molar-refractivity contribution in [2.24, 2.45) is 0 Å². The summed E-state index contributed by atoms with van der Waals surface area (Å²) in [6.07, 6.45) is -2.05. The standard InChI is InChI=1S/C30H31F3N4O6S/c1-42-28-26(36-13-20(34-35-36)16-10-18(31)25(33)19(32)11-16)27(40)23(14-38)43-29(28)30(41)37(21-4-2-3-5-22(21)39)17-7-6-15-8-9-44-24(15)12-17/h6-13,21-23,26-29,38-40H,2-5,14H2,1H3/t21-,22-,23+,26-,27-,28+,29+/m0/s1. The Morgan fingerprint density at radius 1 is 1.14 bits per heavy atom. The minimum Gasteiger partial charge on any atom is -0.394 e. The molecular weight excluding hydrogens is 601 g/mol. The highest BCUT2D eigenvalue weighted by atomic mass is 32.1. The quantitative estimate of drug-likeness (QED) is 0.264. The van der Waals surface area contributed by atoms with Crippen molar-refractivity contribution in [2.45, 2.75) is 68.3 Å². The minimum absolute atomic E-state index is 0.0315. The van der Waals surface area contributed by atoms with Gasteiger partial charge in [0.2, 0.25) is 0 Å². The van der Waals surface area contributed by atoms with E-state index in [0.29, 0.717) is 18.5 Å². The number of anilines is 1. The molecule has 2 aromatic heterocycles. The van der Waals surface area contributed by atoms with E-state index in [0.717, 1.165) is 35.1 Å². The molecule has 234 valence electrons. The summed E-state index contributed by atoms with van der Waals surface area (Å²) in [4.78, 5) is 16.1. The molecule has 2 aromatic carbocycles. The summed E-state index contributed by atoms with van der Waals surface area (Å²) in [7, 11) is 1.33. The first kappa shape index (κ1) is 30.6. The van der Waals surface area contributed by atoms with Gasteiger partial charge in [0.25, 0.3) is 5.91 Å². The number of halogens is 3. The summed E-state index contributed by atoms with van der Waals surface area (Å²) in [5.74, 6) is -4.99. The van der Waals surface area contributed by atoms with Crippen molar-refractivity contribution in [2.75, 3.05) is 18.6 Å². The highest BCUT2D eigenvalue weighted by molar-refractivity contribution is 7.17. The van der Waals surface area contributed by atoms with E-state index in [4.69, 9.17) is 9.47 Å². The molecule has 1 saturated heterocycles. The predicted molar refractivity (Wildman–Crippen MR) is 154 cm³/mol. The third-order valence-electron chi connectivity index (χ3n) is 8.46. The van der Waals surface area contributed by atoms with E-state index in [9.17, 15) is 33.3 Å². The largest absolute Gasteiger partial charge is 0.394 e. The van der Waals surface area contributed by atoms with Gasteiger partial charge < -0.3 is 29.7 Å². The molecule has 0 bridgehead atoms. The molecule has 10 nitrogen and oxygen atoms in total. The van der Waals surface area contributed by atoms with E-state index < -0.39 is 72.6 Å². The lowest BCUT2D eigenvalue weighted by molar-refractivity contribution is -0.211. The summed E-state index contributed by atoms with van der Waals surface area (Å²) >= 11 is 1.51. The van der Waals surface area contributed by atoms with Crippen molar-refractivity contribution >= 4 is 33.0 Å². The summed E-state index contributed by atoms with van der Waals surface area (Å²) in [5, 5.41) is 43.4. The Balaban J connectivity index is 1.39. The average Bonchev–Trinajstić information content (AvgIpc) is 3.70. The molecule has 1 aliphatic carbocycles. The number of aliphatic hydroxyl groups is 3. The number of methoxy groups -OCH3 is 1. The van der Waals surface area contributed by atoms with Crippen LogP contribution in [-0.4, -0.2) is 86.5 Å². The third kappa shape index (κ3) is 5.50. The second-order valence-corrected chi connectivity index (χ2v) is 12.0. The van der Waals surface area contributed by atoms with Crippen molar-refractivity contribution in [1.29, 1.82) is 0 Å². The van der Waals surface area contributed by atoms with Gasteiger partial charge in [-0.05, 0) is 53.9 Å². The van der Waals surface area contributed by atoms with Gasteiger partial charge in [-0.2, -0.15) is 0 Å². The average molecular weight is 633 g/mol. The van der Waals surface area contributed by atoms with E-state index in [1.165, 1.54) is 34.2 Å². The molecule has 1 saturated carbocycles. The summed E-state index contributed by atoms with van der Waals surface area (Å²) < 4.78 is 55.3. The van der Waals surface area contributed by atoms with Gasteiger partial charge >= 0.3 is 0 Å². The van der Waals surface area contributed by atoms with Crippen LogP contribution >= 0.6 is 11.3 Å². The zero-order valence-electron chi connectivity index (χ0n) is 23.6. The molecule has 0 radical (unpaired) electrons. The monoisotopic (exact) mass is 632 g/mol. The normalized spacial score (nSPS) is 27.5. The number of fused-ring (bicyclic) bond motifs is 1. The fraction of sp³-hybridized carbons (Fsp3) is 0.433. The Bertz CT molecular complexity index is 1630. The summed E-state index contributed by atoms with van der Waals surface area (Å²) in [5.41, 5.74) is 0.424. The van der Waals surface area contributed by atoms with Crippen LogP contribution in [0.25, 0.3) is 21.3 Å². The van der Waals surface area contributed by atoms with Gasteiger partial charge in [0, 0.05) is 23.1 Å². The van der Waals surface area contributed by atoms with Gasteiger partial charge in [-0.15, -0.1) is 16.4 Å². The number of hydrogen-bond acceptors (Lipinski definition) is 9. The number of carbonyl (C=O) groups excluding carboxylic acids is 1. The Morgan fingerprint density at radius 3 is 2.59 bits per heavy atom. The van der Waals surface area contributed by atoms with Crippen molar-refractivity contribution in [3.05, 3.63) is 65.4 Å². The maximum atomic E-state index is 14.6. The Kier molecular flexibility index (Phi) is 8.72. The number of nitrogens with zero attached hydrogens (tertiary/aromatic N) is 4. The van der Waals surface area contributed by atoms with Gasteiger partial charge in [0.05, 0.1) is 24.9 Å². The van der Waals surface area contributed by atoms with Crippen LogP contribution < -0.4 is 4.90 Å². The van der Waals surface area contributed by atoms with Crippen LogP contribution in [0.1, 0.15) is 31.7 Å². The van der Waals surface area contributed by atoms with Crippen LogP contribution in [0, 0.1) is 17.5 Å². The molecule has 4 aromatic rings. The molecular formula is C30H31F3N4O6S. The number of ether oxygens (including phenoxy) is 2. The number of hydrogen-bond donors (Lipinski definition) is 3. The highest BCUT2D eigenvalue weighted by Crippen LogP contribution is 2.37. The van der Waals surface area contributed by atoms with Crippen LogP contribution in [0.4, 0.5) is 18.9 Å². The van der Waals surface area contributed by atoms with Crippen molar-refractivity contribution < 1.29 is 42.8 Å². The summed E-state index contributed by atoms with van der Waals surface area (Å²) in [6.45, 7) is -0.652. The molecule has 2 fully saturated rings. The van der Waals surface area contributed by atoms with Crippen molar-refractivity contribution in [3.8, 4) is 11.3 Å². The van der Waals surface area contributed by atoms with Gasteiger partial charge in [0.1, 0.15) is 30.0 Å². The molecule has 1 aliphatic heterocycles. The van der Waals surface area contributed by atoms with E-state index in [1.807, 2.05) is 23.6 Å². The zero-order chi connectivity index (χ0) is 31.1. The van der Waals surface area contributed by atoms with Gasteiger partial charge in [-0.3, -0.25) is 4.79 Å². The number of aromatic nitrogens is 3. The second-order valence-electron chi connectivity index (χ2n) is 11.1. The van der Waals surface area contributed by atoms with E-state index in [2.05, 4.69) is 10.3 Å². The first-order chi connectivity index (χ1) is 21.2. The Hall–Kier alpha value is -3.40. The van der Waals surface area contributed by atoms with Crippen LogP contribution in [0.2, 0.25) is 0 Å². The lowest BCUT2D eigenvalue weighted by Crippen LogP contribution is -2.63. The van der Waals surface area contributed by atoms with Crippen LogP contribution in [0.3, 0.4) is 0 Å². The van der Waals surface area contributed by atoms with Crippen LogP contribution in [0.5, 0.6) is 0 Å². The highest BCUT2D eigenvalue weighted by Gasteiger charge is 2.52. The molecule has 6 rings (SSSR count). The molecule has 14 heteroatoms. The van der Waals surface area contributed by atoms with Gasteiger partial charge in [-0.25, -0.2) is 17.9 Å². The maximum Gasteiger partial charge on any atom is 0.259 e. The number of carbonyl (C=O) groups is 1. The van der Waals surface area contributed by atoms with Crippen molar-refractivity contribution in [1.82, 2.24) is 15.0 Å². The first-order valence-electron chi connectivity index (χ1n) is 14.2. The van der Waals surface area contributed by atoms with E-state index in [-0.39, 0.29) is 11.3 Å². The lowest BCUT2D eigenvalue weighted by atomic mass is 9.88. The molecule has 2 aliphatic rings. The Morgan fingerprint density at radius 2 is 1.89 bits per heavy atom. The third-order valence-corrected chi connectivity index (χ3v) is 9.34. The number of amides is 1. The smallest absolute Gasteiger partial charge is 0.259 e. The second kappa shape index (κ2) is 12.5. The molecule has 7 atom stereocenters. The molecule has 3 heterocycles. The van der Waals surface area contributed by atoms with Gasteiger partial charge in [0.15, 0.2) is 23.6 Å². The van der Waals surface area contributed by atoms with Crippen molar-refractivity contribution in [3.63, 3.8) is 0 Å². The number of rotatable bonds is 7. The van der Waals surface area contributed by atoms with Crippen LogP contribution in [0.15, 0.2) is 48.0 Å². The molecule has 0 unspecified atom stereocenters. The molecule has 1 amide bonds. The first-order valence-corrected chi connectivity index (χ1v) is 15.1. The Labute approximate surface area is 254 Å². The van der Waals surface area contributed by atoms with E-state index >= 15 is 0 Å². The predicted octanol–water partition coefficient (Wildman–Crippen LogP) is 3.59. The fourth-order valence-corrected chi connectivity index (χ4v) is 7.05. The number of benzene rings is 2. The molecule has 3 N–H and O–H groups in total. The summed E-state index contributed by atoms with van der Waals surface area (Å²) in [6, 6.07) is 7.37. The molecule has 0 spiro atoms. The maximum absolute atomic E-state index is 14.6. The molecule has 44 heavy (non-hydrogen) atoms. The SMILES string of the molecule is CO[C@@H]1[C@@H](n2cc(-c3cc(F)c(F)c(F)c3)nn2)[C@@H](O)[C@@H](CO)O[C@H]1C(=O)N(c1ccc2ccsc2c1)[C@H]1CCCC[C@@H]1O. The lowest BCUT2D eigenvalue weighted by Gasteiger charge is -2.46. The van der Waals surface area contributed by atoms with Crippen LogP contribution in [-0.2, 0) is 14.3 Å². The fourth-order valence-electron chi connectivity index (χ4n) is 6.22. The zero-order valence-corrected chi connectivity index (χ0v) is 24.4. The number of thiophene rings is 1. The minimum atomic E-state index is -1.63. The number of aliphatic hydroxyl groups excluding tert-OH is 3. The van der Waals surface area contributed by atoms with Gasteiger partial charge in [-0.1, -0.05) is 24.1 Å².